The molecule has 3 rings (SSSR count). The Morgan fingerprint density at radius 3 is 3.05 bits per heavy atom. The molecule has 21 heavy (non-hydrogen) atoms. The van der Waals surface area contributed by atoms with E-state index in [0.29, 0.717) is 11.0 Å². The molecule has 0 saturated carbocycles. The number of benzene rings is 1. The molecule has 0 aliphatic carbocycles. The van der Waals surface area contributed by atoms with Crippen LogP contribution in [-0.2, 0) is 6.42 Å². The van der Waals surface area contributed by atoms with Crippen molar-refractivity contribution in [2.45, 2.75) is 25.8 Å². The molecule has 2 heterocycles. The smallest absolute Gasteiger partial charge is 0.257 e. The Kier molecular flexibility index (Phi) is 4.13. The second kappa shape index (κ2) is 5.89. The zero-order valence-corrected chi connectivity index (χ0v) is 14.0. The molecule has 0 fully saturated rings. The largest absolute Gasteiger partial charge is 0.331 e. The van der Waals surface area contributed by atoms with Gasteiger partial charge in [-0.3, -0.25) is 4.79 Å². The molecule has 1 aliphatic rings. The summed E-state index contributed by atoms with van der Waals surface area (Å²) in [5, 5.41) is 2.07. The van der Waals surface area contributed by atoms with Gasteiger partial charge in [0.05, 0.1) is 11.6 Å². The molecular formula is C16H15BrFNOS. The van der Waals surface area contributed by atoms with E-state index in [1.165, 1.54) is 16.5 Å². The summed E-state index contributed by atoms with van der Waals surface area (Å²) in [6, 6.07) is 6.64. The van der Waals surface area contributed by atoms with Gasteiger partial charge in [0.1, 0.15) is 5.82 Å². The minimum Gasteiger partial charge on any atom is -0.331 e. The summed E-state index contributed by atoms with van der Waals surface area (Å²) >= 11 is 5.04. The number of carbonyl (C=O) groups is 1. The van der Waals surface area contributed by atoms with Crippen molar-refractivity contribution in [3.63, 3.8) is 0 Å². The summed E-state index contributed by atoms with van der Waals surface area (Å²) in [7, 11) is 0. The van der Waals surface area contributed by atoms with Gasteiger partial charge in [-0.05, 0) is 48.1 Å². The lowest BCUT2D eigenvalue weighted by molar-refractivity contribution is 0.0652. The minimum absolute atomic E-state index is 0.0471. The van der Waals surface area contributed by atoms with E-state index in [1.807, 2.05) is 0 Å². The standard InChI is InChI=1S/C16H15BrFNOS/c1-2-14-11-6-8-21-15(11)5-7-19(14)16(20)12-9-10(17)3-4-13(12)18/h3-4,6,8-9,14H,2,5,7H2,1H3. The van der Waals surface area contributed by atoms with Crippen molar-refractivity contribution in [2.75, 3.05) is 6.54 Å². The lowest BCUT2D eigenvalue weighted by Gasteiger charge is -2.35. The predicted octanol–water partition coefficient (Wildman–Crippen LogP) is 4.80. The Morgan fingerprint density at radius 2 is 2.29 bits per heavy atom. The monoisotopic (exact) mass is 367 g/mol. The van der Waals surface area contributed by atoms with Crippen LogP contribution in [0.4, 0.5) is 4.39 Å². The maximum Gasteiger partial charge on any atom is 0.257 e. The van der Waals surface area contributed by atoms with Crippen molar-refractivity contribution in [1.82, 2.24) is 4.90 Å². The highest BCUT2D eigenvalue weighted by atomic mass is 79.9. The Labute approximate surface area is 135 Å². The van der Waals surface area contributed by atoms with E-state index in [2.05, 4.69) is 34.3 Å². The van der Waals surface area contributed by atoms with Gasteiger partial charge in [0.15, 0.2) is 0 Å². The fourth-order valence-electron chi connectivity index (χ4n) is 2.90. The molecule has 1 amide bonds. The summed E-state index contributed by atoms with van der Waals surface area (Å²) < 4.78 is 14.7. The molecule has 2 nitrogen and oxygen atoms in total. The van der Waals surface area contributed by atoms with E-state index in [0.717, 1.165) is 12.8 Å². The zero-order valence-electron chi connectivity index (χ0n) is 11.6. The highest BCUT2D eigenvalue weighted by Gasteiger charge is 2.31. The lowest BCUT2D eigenvalue weighted by Crippen LogP contribution is -2.39. The van der Waals surface area contributed by atoms with Crippen LogP contribution in [0, 0.1) is 5.82 Å². The number of carbonyl (C=O) groups excluding carboxylic acids is 1. The van der Waals surface area contributed by atoms with E-state index in [1.54, 1.807) is 28.4 Å². The number of rotatable bonds is 2. The predicted molar refractivity (Wildman–Crippen MR) is 86.2 cm³/mol. The highest BCUT2D eigenvalue weighted by Crippen LogP contribution is 2.36. The minimum atomic E-state index is -0.464. The SMILES string of the molecule is CCC1c2ccsc2CCN1C(=O)c1cc(Br)ccc1F. The van der Waals surface area contributed by atoms with Gasteiger partial charge in [0.25, 0.3) is 5.91 Å². The average molecular weight is 368 g/mol. The first-order valence-corrected chi connectivity index (χ1v) is 8.61. The van der Waals surface area contributed by atoms with Crippen molar-refractivity contribution < 1.29 is 9.18 Å². The summed E-state index contributed by atoms with van der Waals surface area (Å²) in [6.07, 6.45) is 1.69. The fraction of sp³-hybridized carbons (Fsp3) is 0.312. The van der Waals surface area contributed by atoms with Crippen molar-refractivity contribution in [1.29, 1.82) is 0 Å². The van der Waals surface area contributed by atoms with Crippen LogP contribution >= 0.6 is 27.3 Å². The van der Waals surface area contributed by atoms with Crippen molar-refractivity contribution in [3.05, 3.63) is 55.9 Å². The van der Waals surface area contributed by atoms with Crippen LogP contribution in [0.15, 0.2) is 34.1 Å². The van der Waals surface area contributed by atoms with E-state index in [4.69, 9.17) is 0 Å². The summed E-state index contributed by atoms with van der Waals surface area (Å²) in [4.78, 5) is 15.9. The van der Waals surface area contributed by atoms with Gasteiger partial charge in [0, 0.05) is 15.9 Å². The number of amides is 1. The Balaban J connectivity index is 1.96. The third-order valence-corrected chi connectivity index (χ3v) is 5.39. The highest BCUT2D eigenvalue weighted by molar-refractivity contribution is 9.10. The maximum atomic E-state index is 14.0. The van der Waals surface area contributed by atoms with Crippen LogP contribution in [0.5, 0.6) is 0 Å². The number of hydrogen-bond acceptors (Lipinski definition) is 2. The third kappa shape index (κ3) is 2.64. The Morgan fingerprint density at radius 1 is 1.48 bits per heavy atom. The van der Waals surface area contributed by atoms with E-state index >= 15 is 0 Å². The van der Waals surface area contributed by atoms with Gasteiger partial charge in [-0.15, -0.1) is 11.3 Å². The quantitative estimate of drug-likeness (QED) is 0.746. The van der Waals surface area contributed by atoms with E-state index in [9.17, 15) is 9.18 Å². The van der Waals surface area contributed by atoms with Crippen LogP contribution < -0.4 is 0 Å². The summed E-state index contributed by atoms with van der Waals surface area (Å²) in [5.74, 6) is -0.688. The topological polar surface area (TPSA) is 20.3 Å². The number of hydrogen-bond donors (Lipinski definition) is 0. The molecule has 0 saturated heterocycles. The normalized spacial score (nSPS) is 17.7. The molecule has 1 unspecified atom stereocenters. The Bertz CT molecular complexity index is 685. The first-order valence-electron chi connectivity index (χ1n) is 6.94. The molecule has 1 aromatic heterocycles. The van der Waals surface area contributed by atoms with Gasteiger partial charge in [0.2, 0.25) is 0 Å². The molecule has 0 bridgehead atoms. The molecule has 5 heteroatoms. The molecule has 2 aromatic rings. The van der Waals surface area contributed by atoms with Gasteiger partial charge in [-0.2, -0.15) is 0 Å². The van der Waals surface area contributed by atoms with Crippen LogP contribution in [0.2, 0.25) is 0 Å². The van der Waals surface area contributed by atoms with Gasteiger partial charge >= 0.3 is 0 Å². The van der Waals surface area contributed by atoms with Crippen LogP contribution in [0.3, 0.4) is 0 Å². The maximum absolute atomic E-state index is 14.0. The summed E-state index contributed by atoms with van der Waals surface area (Å²) in [6.45, 7) is 2.71. The average Bonchev–Trinajstić information content (AvgIpc) is 2.96. The first-order chi connectivity index (χ1) is 10.1. The fourth-order valence-corrected chi connectivity index (χ4v) is 4.19. The van der Waals surface area contributed by atoms with Crippen molar-refractivity contribution in [2.24, 2.45) is 0 Å². The summed E-state index contributed by atoms with van der Waals surface area (Å²) in [5.41, 5.74) is 1.36. The molecular weight excluding hydrogens is 353 g/mol. The van der Waals surface area contributed by atoms with Gasteiger partial charge in [-0.25, -0.2) is 4.39 Å². The van der Waals surface area contributed by atoms with Gasteiger partial charge < -0.3 is 4.90 Å². The zero-order chi connectivity index (χ0) is 15.0. The number of halogens is 2. The lowest BCUT2D eigenvalue weighted by atomic mass is 9.97. The van der Waals surface area contributed by atoms with Crippen molar-refractivity contribution >= 4 is 33.2 Å². The molecule has 1 aliphatic heterocycles. The molecule has 0 N–H and O–H groups in total. The number of thiophene rings is 1. The number of fused-ring (bicyclic) bond motifs is 1. The molecule has 1 aromatic carbocycles. The third-order valence-electron chi connectivity index (χ3n) is 3.90. The molecule has 0 radical (unpaired) electrons. The molecule has 0 spiro atoms. The second-order valence-corrected chi connectivity index (χ2v) is 7.01. The molecule has 1 atom stereocenters. The Hall–Kier alpha value is -1.20. The number of nitrogens with zero attached hydrogens (tertiary/aromatic N) is 1. The van der Waals surface area contributed by atoms with Gasteiger partial charge in [-0.1, -0.05) is 22.9 Å². The van der Waals surface area contributed by atoms with Crippen LogP contribution in [0.1, 0.15) is 40.2 Å². The molecule has 110 valence electrons. The van der Waals surface area contributed by atoms with Crippen LogP contribution in [0.25, 0.3) is 0 Å². The van der Waals surface area contributed by atoms with Crippen molar-refractivity contribution in [3.8, 4) is 0 Å². The first kappa shape index (κ1) is 14.7. The van der Waals surface area contributed by atoms with Crippen LogP contribution in [-0.4, -0.2) is 17.4 Å². The van der Waals surface area contributed by atoms with E-state index < -0.39 is 5.82 Å². The van der Waals surface area contributed by atoms with E-state index in [-0.39, 0.29) is 17.5 Å². The second-order valence-electron chi connectivity index (χ2n) is 5.10.